The first-order valence-corrected chi connectivity index (χ1v) is 10.6. The highest BCUT2D eigenvalue weighted by atomic mass is 16.6. The van der Waals surface area contributed by atoms with E-state index in [4.69, 9.17) is 4.52 Å². The van der Waals surface area contributed by atoms with Gasteiger partial charge in [0.1, 0.15) is 5.82 Å². The van der Waals surface area contributed by atoms with E-state index in [2.05, 4.69) is 20.0 Å². The molecule has 32 heavy (non-hydrogen) atoms. The molecule has 2 aliphatic rings. The Labute approximate surface area is 184 Å². The number of non-ortho nitro benzene ring substituents is 1. The number of carbonyl (C=O) groups excluding carboxylic acids is 1. The van der Waals surface area contributed by atoms with E-state index in [-0.39, 0.29) is 18.0 Å². The van der Waals surface area contributed by atoms with Gasteiger partial charge in [0, 0.05) is 56.0 Å². The van der Waals surface area contributed by atoms with E-state index in [0.29, 0.717) is 43.8 Å². The Morgan fingerprint density at radius 1 is 1.09 bits per heavy atom. The second-order valence-electron chi connectivity index (χ2n) is 8.10. The number of aromatic nitrogens is 3. The van der Waals surface area contributed by atoms with E-state index >= 15 is 0 Å². The summed E-state index contributed by atoms with van der Waals surface area (Å²) in [6.45, 7) is 2.58. The summed E-state index contributed by atoms with van der Waals surface area (Å²) < 4.78 is 5.32. The molecule has 5 rings (SSSR count). The summed E-state index contributed by atoms with van der Waals surface area (Å²) in [5.74, 6) is 2.56. The zero-order chi connectivity index (χ0) is 22.1. The summed E-state index contributed by atoms with van der Waals surface area (Å²) in [5, 5.41) is 14.8. The van der Waals surface area contributed by atoms with E-state index in [1.165, 1.54) is 12.1 Å². The maximum Gasteiger partial charge on any atom is 0.269 e. The Bertz CT molecular complexity index is 1120. The number of nitro benzene ring substituents is 1. The van der Waals surface area contributed by atoms with E-state index in [1.807, 2.05) is 17.0 Å². The van der Waals surface area contributed by atoms with E-state index in [9.17, 15) is 14.9 Å². The number of pyridine rings is 1. The lowest BCUT2D eigenvalue weighted by atomic mass is 10.1. The minimum absolute atomic E-state index is 0.0189. The normalized spacial score (nSPS) is 16.2. The van der Waals surface area contributed by atoms with Crippen LogP contribution in [-0.2, 0) is 11.2 Å². The SMILES string of the molecule is O=C(Cc1ccc([N+](=O)[O-])cc1)N1CCN(c2ccc(-c3noc(C4CC4)n3)cn2)CC1. The van der Waals surface area contributed by atoms with Crippen LogP contribution in [-0.4, -0.2) is 57.0 Å². The number of benzene rings is 1. The second kappa shape index (κ2) is 8.37. The van der Waals surface area contributed by atoms with Gasteiger partial charge >= 0.3 is 0 Å². The van der Waals surface area contributed by atoms with Gasteiger partial charge in [-0.2, -0.15) is 4.98 Å². The first-order valence-electron chi connectivity index (χ1n) is 10.6. The van der Waals surface area contributed by atoms with Gasteiger partial charge in [-0.3, -0.25) is 14.9 Å². The predicted octanol–water partition coefficient (Wildman–Crippen LogP) is 2.81. The van der Waals surface area contributed by atoms with Crippen LogP contribution >= 0.6 is 0 Å². The van der Waals surface area contributed by atoms with Gasteiger partial charge in [0.2, 0.25) is 17.6 Å². The largest absolute Gasteiger partial charge is 0.353 e. The highest BCUT2D eigenvalue weighted by Crippen LogP contribution is 2.39. The molecule has 0 radical (unpaired) electrons. The Balaban J connectivity index is 1.15. The molecule has 3 heterocycles. The summed E-state index contributed by atoms with van der Waals surface area (Å²) in [6.07, 6.45) is 4.21. The fourth-order valence-corrected chi connectivity index (χ4v) is 3.76. The molecule has 10 nitrogen and oxygen atoms in total. The van der Waals surface area contributed by atoms with Crippen molar-refractivity contribution in [2.75, 3.05) is 31.1 Å². The third-order valence-corrected chi connectivity index (χ3v) is 5.83. The smallest absolute Gasteiger partial charge is 0.269 e. The first kappa shape index (κ1) is 20.1. The summed E-state index contributed by atoms with van der Waals surface area (Å²) in [4.78, 5) is 35.9. The van der Waals surface area contributed by atoms with Crippen molar-refractivity contribution in [3.63, 3.8) is 0 Å². The molecule has 0 unspecified atom stereocenters. The molecule has 0 N–H and O–H groups in total. The van der Waals surface area contributed by atoms with E-state index in [1.54, 1.807) is 18.3 Å². The summed E-state index contributed by atoms with van der Waals surface area (Å²) in [7, 11) is 0. The number of hydrogen-bond donors (Lipinski definition) is 0. The lowest BCUT2D eigenvalue weighted by molar-refractivity contribution is -0.384. The minimum atomic E-state index is -0.445. The molecular formula is C22H22N6O4. The third-order valence-electron chi connectivity index (χ3n) is 5.83. The first-order chi connectivity index (χ1) is 15.6. The van der Waals surface area contributed by atoms with Crippen LogP contribution in [0.5, 0.6) is 0 Å². The molecule has 1 amide bonds. The van der Waals surface area contributed by atoms with Crippen molar-refractivity contribution in [1.82, 2.24) is 20.0 Å². The monoisotopic (exact) mass is 434 g/mol. The van der Waals surface area contributed by atoms with Crippen LogP contribution in [0.2, 0.25) is 0 Å². The van der Waals surface area contributed by atoms with Crippen LogP contribution in [0.4, 0.5) is 11.5 Å². The highest BCUT2D eigenvalue weighted by molar-refractivity contribution is 5.79. The Kier molecular flexibility index (Phi) is 5.26. The molecule has 0 spiro atoms. The third kappa shape index (κ3) is 4.29. The van der Waals surface area contributed by atoms with Crippen molar-refractivity contribution < 1.29 is 14.2 Å². The van der Waals surface area contributed by atoms with Crippen molar-refractivity contribution >= 4 is 17.4 Å². The van der Waals surface area contributed by atoms with Crippen molar-refractivity contribution in [3.05, 3.63) is 64.2 Å². The lowest BCUT2D eigenvalue weighted by Gasteiger charge is -2.35. The van der Waals surface area contributed by atoms with E-state index < -0.39 is 4.92 Å². The van der Waals surface area contributed by atoms with Crippen molar-refractivity contribution in [3.8, 4) is 11.4 Å². The van der Waals surface area contributed by atoms with Gasteiger partial charge in [-0.05, 0) is 30.5 Å². The Morgan fingerprint density at radius 2 is 1.84 bits per heavy atom. The van der Waals surface area contributed by atoms with Crippen LogP contribution in [0.3, 0.4) is 0 Å². The number of nitro groups is 1. The predicted molar refractivity (Wildman–Crippen MR) is 115 cm³/mol. The molecule has 10 heteroatoms. The van der Waals surface area contributed by atoms with Gasteiger partial charge in [-0.15, -0.1) is 0 Å². The molecule has 0 atom stereocenters. The standard InChI is InChI=1S/C22H22N6O4/c29-20(13-15-1-6-18(7-2-15)28(30)31)27-11-9-26(10-12-27)19-8-5-17(14-23-19)21-24-22(32-25-21)16-3-4-16/h1-2,5-8,14,16H,3-4,9-13H2. The minimum Gasteiger partial charge on any atom is -0.353 e. The zero-order valence-electron chi connectivity index (χ0n) is 17.4. The summed E-state index contributed by atoms with van der Waals surface area (Å²) >= 11 is 0. The number of carbonyl (C=O) groups is 1. The fourth-order valence-electron chi connectivity index (χ4n) is 3.76. The summed E-state index contributed by atoms with van der Waals surface area (Å²) in [5.41, 5.74) is 1.61. The molecule has 1 aliphatic heterocycles. The molecule has 1 saturated heterocycles. The van der Waals surface area contributed by atoms with Crippen LogP contribution in [0, 0.1) is 10.1 Å². The van der Waals surface area contributed by atoms with Crippen LogP contribution in [0.15, 0.2) is 47.1 Å². The van der Waals surface area contributed by atoms with Gasteiger partial charge in [0.15, 0.2) is 0 Å². The zero-order valence-corrected chi connectivity index (χ0v) is 17.4. The topological polar surface area (TPSA) is 118 Å². The quantitative estimate of drug-likeness (QED) is 0.429. The van der Waals surface area contributed by atoms with Crippen molar-refractivity contribution in [2.24, 2.45) is 0 Å². The molecule has 1 aromatic carbocycles. The molecule has 2 fully saturated rings. The Morgan fingerprint density at radius 3 is 2.47 bits per heavy atom. The van der Waals surface area contributed by atoms with Crippen molar-refractivity contribution in [2.45, 2.75) is 25.2 Å². The maximum absolute atomic E-state index is 12.6. The molecule has 164 valence electrons. The summed E-state index contributed by atoms with van der Waals surface area (Å²) in [6, 6.07) is 10.0. The van der Waals surface area contributed by atoms with Gasteiger partial charge < -0.3 is 14.3 Å². The lowest BCUT2D eigenvalue weighted by Crippen LogP contribution is -2.49. The molecule has 1 aliphatic carbocycles. The number of anilines is 1. The van der Waals surface area contributed by atoms with Gasteiger partial charge in [-0.25, -0.2) is 4.98 Å². The highest BCUT2D eigenvalue weighted by Gasteiger charge is 2.30. The van der Waals surface area contributed by atoms with Gasteiger partial charge in [-0.1, -0.05) is 17.3 Å². The number of hydrogen-bond acceptors (Lipinski definition) is 8. The molecule has 3 aromatic rings. The second-order valence-corrected chi connectivity index (χ2v) is 8.10. The van der Waals surface area contributed by atoms with Crippen LogP contribution in [0.25, 0.3) is 11.4 Å². The van der Waals surface area contributed by atoms with Gasteiger partial charge in [0.25, 0.3) is 5.69 Å². The van der Waals surface area contributed by atoms with Crippen LogP contribution in [0.1, 0.15) is 30.2 Å². The number of rotatable bonds is 6. The number of piperazine rings is 1. The fraction of sp³-hybridized carbons (Fsp3) is 0.364. The maximum atomic E-state index is 12.6. The molecule has 2 aromatic heterocycles. The average Bonchev–Trinajstić information content (AvgIpc) is 3.56. The number of amides is 1. The molecule has 1 saturated carbocycles. The van der Waals surface area contributed by atoms with Gasteiger partial charge in [0.05, 0.1) is 11.3 Å². The molecular weight excluding hydrogens is 412 g/mol. The van der Waals surface area contributed by atoms with E-state index in [0.717, 1.165) is 29.8 Å². The Hall–Kier alpha value is -3.82. The average molecular weight is 434 g/mol. The number of nitrogens with zero attached hydrogens (tertiary/aromatic N) is 6. The molecule has 0 bridgehead atoms. The van der Waals surface area contributed by atoms with Crippen LogP contribution < -0.4 is 4.90 Å². The van der Waals surface area contributed by atoms with Crippen molar-refractivity contribution in [1.29, 1.82) is 0 Å².